The third-order valence-electron chi connectivity index (χ3n) is 1.79. The minimum Gasteiger partial charge on any atom is -0.373 e. The van der Waals surface area contributed by atoms with Gasteiger partial charge in [-0.15, -0.1) is 0 Å². The first kappa shape index (κ1) is 8.74. The third-order valence-corrected chi connectivity index (χ3v) is 2.77. The van der Waals surface area contributed by atoms with Gasteiger partial charge in [-0.3, -0.25) is 0 Å². The monoisotopic (exact) mass is 256 g/mol. The van der Waals surface area contributed by atoms with Crippen LogP contribution < -0.4 is 0 Å². The maximum absolute atomic E-state index is 5.62. The van der Waals surface area contributed by atoms with Crippen molar-refractivity contribution < 1.29 is 9.47 Å². The Balaban J connectivity index is 2.33. The lowest BCUT2D eigenvalue weighted by Crippen LogP contribution is -2.40. The summed E-state index contributed by atoms with van der Waals surface area (Å²) in [5.74, 6) is 0. The lowest BCUT2D eigenvalue weighted by molar-refractivity contribution is -0.158. The minimum atomic E-state index is 0.258. The lowest BCUT2D eigenvalue weighted by Gasteiger charge is -2.31. The molecule has 3 heteroatoms. The molecule has 1 aliphatic rings. The summed E-state index contributed by atoms with van der Waals surface area (Å²) < 4.78 is 12.1. The molecule has 2 nitrogen and oxygen atoms in total. The van der Waals surface area contributed by atoms with Gasteiger partial charge in [0.15, 0.2) is 0 Å². The van der Waals surface area contributed by atoms with Crippen LogP contribution in [0.2, 0.25) is 0 Å². The van der Waals surface area contributed by atoms with Gasteiger partial charge in [0.25, 0.3) is 0 Å². The summed E-state index contributed by atoms with van der Waals surface area (Å²) in [6.45, 7) is 4.87. The van der Waals surface area contributed by atoms with E-state index in [4.69, 9.17) is 9.47 Å². The Morgan fingerprint density at radius 1 is 1.40 bits per heavy atom. The Labute approximate surface area is 75.4 Å². The summed E-state index contributed by atoms with van der Waals surface area (Å²) in [5, 5.41) is 0. The van der Waals surface area contributed by atoms with Crippen molar-refractivity contribution in [3.05, 3.63) is 0 Å². The number of hydrogen-bond acceptors (Lipinski definition) is 2. The molecule has 3 atom stereocenters. The first-order valence-corrected chi connectivity index (χ1v) is 5.09. The van der Waals surface area contributed by atoms with Crippen molar-refractivity contribution in [3.63, 3.8) is 0 Å². The second-order valence-corrected chi connectivity index (χ2v) is 3.54. The van der Waals surface area contributed by atoms with E-state index in [-0.39, 0.29) is 12.2 Å². The standard InChI is InChI=1S/C7H13IO2/c1-5-6(2)10-7(3-8)4-9-5/h5-7H,3-4H2,1-2H3/t5-,6-,7+/m0/s1. The van der Waals surface area contributed by atoms with Crippen molar-refractivity contribution in [3.8, 4) is 0 Å². The average molecular weight is 256 g/mol. The van der Waals surface area contributed by atoms with Gasteiger partial charge in [0.2, 0.25) is 0 Å². The topological polar surface area (TPSA) is 18.5 Å². The first-order valence-electron chi connectivity index (χ1n) is 3.57. The normalized spacial score (nSPS) is 41.7. The van der Waals surface area contributed by atoms with Gasteiger partial charge < -0.3 is 9.47 Å². The number of halogens is 1. The molecule has 0 bridgehead atoms. The summed E-state index contributed by atoms with van der Waals surface area (Å²) in [4.78, 5) is 0. The van der Waals surface area contributed by atoms with Crippen molar-refractivity contribution in [2.24, 2.45) is 0 Å². The smallest absolute Gasteiger partial charge is 0.0902 e. The number of ether oxygens (including phenoxy) is 2. The van der Waals surface area contributed by atoms with E-state index >= 15 is 0 Å². The SMILES string of the molecule is C[C@@H]1OC[C@@H](CI)O[C@H]1C. The van der Waals surface area contributed by atoms with Crippen molar-refractivity contribution >= 4 is 22.6 Å². The van der Waals surface area contributed by atoms with E-state index in [0.29, 0.717) is 6.10 Å². The molecule has 0 aliphatic carbocycles. The molecule has 1 saturated heterocycles. The van der Waals surface area contributed by atoms with E-state index in [1.165, 1.54) is 0 Å². The van der Waals surface area contributed by atoms with Crippen LogP contribution in [0.25, 0.3) is 0 Å². The Bertz CT molecular complexity index is 108. The Hall–Kier alpha value is 0.650. The highest BCUT2D eigenvalue weighted by Gasteiger charge is 2.24. The summed E-state index contributed by atoms with van der Waals surface area (Å²) in [7, 11) is 0. The zero-order valence-electron chi connectivity index (χ0n) is 6.34. The van der Waals surface area contributed by atoms with E-state index in [2.05, 4.69) is 29.5 Å². The minimum absolute atomic E-state index is 0.258. The summed E-state index contributed by atoms with van der Waals surface area (Å²) in [6.07, 6.45) is 0.833. The van der Waals surface area contributed by atoms with E-state index < -0.39 is 0 Å². The van der Waals surface area contributed by atoms with E-state index in [1.807, 2.05) is 6.92 Å². The molecule has 0 unspecified atom stereocenters. The van der Waals surface area contributed by atoms with Crippen LogP contribution in [0, 0.1) is 0 Å². The maximum Gasteiger partial charge on any atom is 0.0902 e. The summed E-state index contributed by atoms with van der Waals surface area (Å²) in [5.41, 5.74) is 0. The molecule has 10 heavy (non-hydrogen) atoms. The van der Waals surface area contributed by atoms with Crippen LogP contribution in [0.1, 0.15) is 13.8 Å². The predicted molar refractivity (Wildman–Crippen MR) is 48.6 cm³/mol. The summed E-state index contributed by atoms with van der Waals surface area (Å²) in [6, 6.07) is 0. The van der Waals surface area contributed by atoms with Gasteiger partial charge in [-0.2, -0.15) is 0 Å². The van der Waals surface area contributed by atoms with Gasteiger partial charge in [-0.25, -0.2) is 0 Å². The van der Waals surface area contributed by atoms with Crippen LogP contribution in [-0.2, 0) is 9.47 Å². The molecule has 0 aromatic carbocycles. The highest BCUT2D eigenvalue weighted by atomic mass is 127. The van der Waals surface area contributed by atoms with E-state index in [9.17, 15) is 0 Å². The second kappa shape index (κ2) is 3.88. The Kier molecular flexibility index (Phi) is 3.39. The number of rotatable bonds is 1. The maximum atomic E-state index is 5.62. The highest BCUT2D eigenvalue weighted by molar-refractivity contribution is 14.1. The van der Waals surface area contributed by atoms with E-state index in [0.717, 1.165) is 11.0 Å². The highest BCUT2D eigenvalue weighted by Crippen LogP contribution is 2.15. The molecule has 0 N–H and O–H groups in total. The quantitative estimate of drug-likeness (QED) is 0.524. The molecule has 1 fully saturated rings. The fourth-order valence-electron chi connectivity index (χ4n) is 0.929. The molecule has 0 radical (unpaired) electrons. The third kappa shape index (κ3) is 2.07. The van der Waals surface area contributed by atoms with Gasteiger partial charge in [0.1, 0.15) is 0 Å². The van der Waals surface area contributed by atoms with E-state index in [1.54, 1.807) is 0 Å². The number of hydrogen-bond donors (Lipinski definition) is 0. The van der Waals surface area contributed by atoms with Crippen LogP contribution in [0.3, 0.4) is 0 Å². The summed E-state index contributed by atoms with van der Waals surface area (Å²) >= 11 is 2.32. The molecular weight excluding hydrogens is 243 g/mol. The first-order chi connectivity index (χ1) is 4.74. The lowest BCUT2D eigenvalue weighted by atomic mass is 10.2. The Morgan fingerprint density at radius 3 is 2.60 bits per heavy atom. The fourth-order valence-corrected chi connectivity index (χ4v) is 1.39. The second-order valence-electron chi connectivity index (χ2n) is 2.66. The van der Waals surface area contributed by atoms with Gasteiger partial charge in [-0.1, -0.05) is 22.6 Å². The fraction of sp³-hybridized carbons (Fsp3) is 1.00. The average Bonchev–Trinajstić information content (AvgIpc) is 1.95. The van der Waals surface area contributed by atoms with Crippen molar-refractivity contribution in [1.29, 1.82) is 0 Å². The van der Waals surface area contributed by atoms with Crippen molar-refractivity contribution in [1.82, 2.24) is 0 Å². The molecule has 0 spiro atoms. The molecule has 1 heterocycles. The molecule has 60 valence electrons. The van der Waals surface area contributed by atoms with Gasteiger partial charge >= 0.3 is 0 Å². The van der Waals surface area contributed by atoms with Crippen molar-refractivity contribution in [2.75, 3.05) is 11.0 Å². The predicted octanol–water partition coefficient (Wildman–Crippen LogP) is 1.61. The van der Waals surface area contributed by atoms with Gasteiger partial charge in [0, 0.05) is 4.43 Å². The Morgan fingerprint density at radius 2 is 2.10 bits per heavy atom. The van der Waals surface area contributed by atoms with Crippen LogP contribution in [0.4, 0.5) is 0 Å². The molecule has 1 rings (SSSR count). The molecule has 0 aromatic rings. The largest absolute Gasteiger partial charge is 0.373 e. The molecule has 0 aromatic heterocycles. The molecular formula is C7H13IO2. The van der Waals surface area contributed by atoms with Crippen molar-refractivity contribution in [2.45, 2.75) is 32.2 Å². The van der Waals surface area contributed by atoms with Crippen LogP contribution in [0.5, 0.6) is 0 Å². The van der Waals surface area contributed by atoms with Crippen LogP contribution in [0.15, 0.2) is 0 Å². The zero-order valence-corrected chi connectivity index (χ0v) is 8.50. The van der Waals surface area contributed by atoms with Crippen LogP contribution >= 0.6 is 22.6 Å². The molecule has 1 aliphatic heterocycles. The van der Waals surface area contributed by atoms with Crippen LogP contribution in [-0.4, -0.2) is 29.3 Å². The molecule has 0 saturated carbocycles. The van der Waals surface area contributed by atoms with Gasteiger partial charge in [0.05, 0.1) is 24.9 Å². The molecule has 0 amide bonds. The van der Waals surface area contributed by atoms with Gasteiger partial charge in [-0.05, 0) is 13.8 Å². The zero-order chi connectivity index (χ0) is 7.56. The number of alkyl halides is 1.